The Morgan fingerprint density at radius 1 is 0.750 bits per heavy atom. The van der Waals surface area contributed by atoms with Crippen molar-refractivity contribution in [3.63, 3.8) is 0 Å². The van der Waals surface area contributed by atoms with Crippen LogP contribution in [0.4, 0.5) is 14.5 Å². The average molecular weight is 327 g/mol. The van der Waals surface area contributed by atoms with Gasteiger partial charge < -0.3 is 9.57 Å². The quantitative estimate of drug-likeness (QED) is 0.650. The second kappa shape index (κ2) is 7.46. The average Bonchev–Trinajstić information content (AvgIpc) is 2.59. The lowest BCUT2D eigenvalue weighted by Crippen LogP contribution is -2.04. The maximum Gasteiger partial charge on any atom is 0.155 e. The SMILES string of the molecule is Fc1cc(F)cc(COc2ccc(ONc3ccccc3)cc2)c1. The summed E-state index contributed by atoms with van der Waals surface area (Å²) in [6.07, 6.45) is 0. The van der Waals surface area contributed by atoms with Crippen LogP contribution in [0.15, 0.2) is 72.8 Å². The fourth-order valence-corrected chi connectivity index (χ4v) is 2.09. The molecule has 0 bridgehead atoms. The lowest BCUT2D eigenvalue weighted by Gasteiger charge is -2.10. The molecule has 0 radical (unpaired) electrons. The molecule has 0 heterocycles. The lowest BCUT2D eigenvalue weighted by atomic mass is 10.2. The van der Waals surface area contributed by atoms with E-state index in [1.807, 2.05) is 30.3 Å². The van der Waals surface area contributed by atoms with Crippen LogP contribution in [0.3, 0.4) is 0 Å². The van der Waals surface area contributed by atoms with Crippen LogP contribution in [-0.4, -0.2) is 0 Å². The van der Waals surface area contributed by atoms with Gasteiger partial charge in [0, 0.05) is 6.07 Å². The minimum atomic E-state index is -0.621. The van der Waals surface area contributed by atoms with E-state index in [1.54, 1.807) is 24.3 Å². The van der Waals surface area contributed by atoms with Crippen molar-refractivity contribution in [3.05, 3.63) is 90.0 Å². The molecule has 0 fully saturated rings. The molecule has 0 amide bonds. The largest absolute Gasteiger partial charge is 0.489 e. The Kier molecular flexibility index (Phi) is 4.91. The Hall–Kier alpha value is -3.08. The second-order valence-corrected chi connectivity index (χ2v) is 5.11. The van der Waals surface area contributed by atoms with Crippen molar-refractivity contribution in [1.29, 1.82) is 0 Å². The lowest BCUT2D eigenvalue weighted by molar-refractivity contribution is 0.304. The van der Waals surface area contributed by atoms with E-state index >= 15 is 0 Å². The second-order valence-electron chi connectivity index (χ2n) is 5.11. The molecule has 0 saturated heterocycles. The van der Waals surface area contributed by atoms with Crippen molar-refractivity contribution in [2.45, 2.75) is 6.61 Å². The zero-order valence-electron chi connectivity index (χ0n) is 12.7. The van der Waals surface area contributed by atoms with Gasteiger partial charge in [-0.25, -0.2) is 14.3 Å². The van der Waals surface area contributed by atoms with Gasteiger partial charge in [-0.2, -0.15) is 0 Å². The first-order valence-corrected chi connectivity index (χ1v) is 7.35. The van der Waals surface area contributed by atoms with E-state index in [-0.39, 0.29) is 6.61 Å². The molecule has 0 aliphatic rings. The first kappa shape index (κ1) is 15.8. The Labute approximate surface area is 138 Å². The topological polar surface area (TPSA) is 30.5 Å². The third kappa shape index (κ3) is 4.46. The van der Waals surface area contributed by atoms with Crippen LogP contribution in [0.25, 0.3) is 0 Å². The van der Waals surface area contributed by atoms with Crippen LogP contribution in [-0.2, 0) is 6.61 Å². The molecular formula is C19H15F2NO2. The number of benzene rings is 3. The van der Waals surface area contributed by atoms with Crippen molar-refractivity contribution < 1.29 is 18.4 Å². The van der Waals surface area contributed by atoms with Crippen LogP contribution in [0.2, 0.25) is 0 Å². The molecule has 3 nitrogen and oxygen atoms in total. The van der Waals surface area contributed by atoms with Gasteiger partial charge in [-0.3, -0.25) is 0 Å². The fraction of sp³-hybridized carbons (Fsp3) is 0.0526. The summed E-state index contributed by atoms with van der Waals surface area (Å²) in [7, 11) is 0. The summed E-state index contributed by atoms with van der Waals surface area (Å²) in [5, 5.41) is 0. The highest BCUT2D eigenvalue weighted by Gasteiger charge is 2.02. The molecule has 0 spiro atoms. The molecule has 24 heavy (non-hydrogen) atoms. The summed E-state index contributed by atoms with van der Waals surface area (Å²) < 4.78 is 31.7. The molecule has 1 N–H and O–H groups in total. The molecule has 0 aliphatic carbocycles. The summed E-state index contributed by atoms with van der Waals surface area (Å²) in [6, 6.07) is 19.7. The van der Waals surface area contributed by atoms with Crippen molar-refractivity contribution in [2.24, 2.45) is 0 Å². The number of halogens is 2. The van der Waals surface area contributed by atoms with Gasteiger partial charge in [0.15, 0.2) is 5.75 Å². The molecule has 3 rings (SSSR count). The van der Waals surface area contributed by atoms with E-state index in [0.29, 0.717) is 17.1 Å². The fourth-order valence-electron chi connectivity index (χ4n) is 2.09. The summed E-state index contributed by atoms with van der Waals surface area (Å²) in [4.78, 5) is 5.44. The Morgan fingerprint density at radius 3 is 2.04 bits per heavy atom. The van der Waals surface area contributed by atoms with Gasteiger partial charge in [0.05, 0.1) is 5.69 Å². The minimum absolute atomic E-state index is 0.0805. The van der Waals surface area contributed by atoms with E-state index < -0.39 is 11.6 Å². The number of rotatable bonds is 6. The number of nitrogens with one attached hydrogen (secondary N) is 1. The molecule has 0 aliphatic heterocycles. The van der Waals surface area contributed by atoms with Gasteiger partial charge in [-0.05, 0) is 54.1 Å². The zero-order valence-corrected chi connectivity index (χ0v) is 12.7. The maximum absolute atomic E-state index is 13.1. The van der Waals surface area contributed by atoms with Gasteiger partial charge >= 0.3 is 0 Å². The van der Waals surface area contributed by atoms with E-state index in [4.69, 9.17) is 9.57 Å². The van der Waals surface area contributed by atoms with Crippen molar-refractivity contribution in [3.8, 4) is 11.5 Å². The van der Waals surface area contributed by atoms with Gasteiger partial charge in [0.25, 0.3) is 0 Å². The van der Waals surface area contributed by atoms with Crippen molar-refractivity contribution in [2.75, 3.05) is 5.48 Å². The molecule has 0 unspecified atom stereocenters. The predicted molar refractivity (Wildman–Crippen MR) is 87.8 cm³/mol. The predicted octanol–water partition coefficient (Wildman–Crippen LogP) is 4.95. The Bertz CT molecular complexity index is 772. The summed E-state index contributed by atoms with van der Waals surface area (Å²) in [5.41, 5.74) is 4.09. The Morgan fingerprint density at radius 2 is 1.38 bits per heavy atom. The number of hydrogen-bond acceptors (Lipinski definition) is 3. The molecular weight excluding hydrogens is 312 g/mol. The van der Waals surface area contributed by atoms with Gasteiger partial charge in [-0.1, -0.05) is 18.2 Å². The first-order chi connectivity index (χ1) is 11.7. The molecule has 0 aromatic heterocycles. The van der Waals surface area contributed by atoms with E-state index in [1.165, 1.54) is 12.1 Å². The number of anilines is 1. The molecule has 3 aromatic rings. The van der Waals surface area contributed by atoms with Crippen molar-refractivity contribution in [1.82, 2.24) is 0 Å². The molecule has 0 atom stereocenters. The van der Waals surface area contributed by atoms with Crippen molar-refractivity contribution >= 4 is 5.69 Å². The minimum Gasteiger partial charge on any atom is -0.489 e. The molecule has 5 heteroatoms. The van der Waals surface area contributed by atoms with E-state index in [0.717, 1.165) is 11.8 Å². The van der Waals surface area contributed by atoms with Crippen LogP contribution >= 0.6 is 0 Å². The smallest absolute Gasteiger partial charge is 0.155 e. The maximum atomic E-state index is 13.1. The van der Waals surface area contributed by atoms with Crippen LogP contribution < -0.4 is 15.1 Å². The van der Waals surface area contributed by atoms with Crippen LogP contribution in [0.1, 0.15) is 5.56 Å². The highest BCUT2D eigenvalue weighted by atomic mass is 19.1. The van der Waals surface area contributed by atoms with E-state index in [2.05, 4.69) is 5.48 Å². The third-order valence-electron chi connectivity index (χ3n) is 3.21. The summed E-state index contributed by atoms with van der Waals surface area (Å²) >= 11 is 0. The summed E-state index contributed by atoms with van der Waals surface area (Å²) in [5.74, 6) is -0.0524. The van der Waals surface area contributed by atoms with Crippen LogP contribution in [0, 0.1) is 11.6 Å². The van der Waals surface area contributed by atoms with E-state index in [9.17, 15) is 8.78 Å². The third-order valence-corrected chi connectivity index (χ3v) is 3.21. The Balaban J connectivity index is 1.54. The first-order valence-electron chi connectivity index (χ1n) is 7.35. The molecule has 0 saturated carbocycles. The summed E-state index contributed by atoms with van der Waals surface area (Å²) in [6.45, 7) is 0.0805. The molecule has 3 aromatic carbocycles. The number of para-hydroxylation sites is 1. The monoisotopic (exact) mass is 327 g/mol. The van der Waals surface area contributed by atoms with Crippen LogP contribution in [0.5, 0.6) is 11.5 Å². The highest BCUT2D eigenvalue weighted by molar-refractivity contribution is 5.41. The highest BCUT2D eigenvalue weighted by Crippen LogP contribution is 2.20. The normalized spacial score (nSPS) is 10.2. The molecule has 122 valence electrons. The number of ether oxygens (including phenoxy) is 1. The zero-order chi connectivity index (χ0) is 16.8. The number of hydrogen-bond donors (Lipinski definition) is 1. The van der Waals surface area contributed by atoms with Gasteiger partial charge in [0.1, 0.15) is 24.0 Å². The van der Waals surface area contributed by atoms with Gasteiger partial charge in [0.2, 0.25) is 0 Å². The van der Waals surface area contributed by atoms with Gasteiger partial charge in [-0.15, -0.1) is 0 Å². The standard InChI is InChI=1S/C19H15F2NO2/c20-15-10-14(11-16(21)12-15)13-23-18-6-8-19(9-7-18)24-22-17-4-2-1-3-5-17/h1-12,22H,13H2.